The highest BCUT2D eigenvalue weighted by atomic mass is 16.2. The fraction of sp³-hybridized carbons (Fsp3) is 0. The van der Waals surface area contributed by atoms with Gasteiger partial charge in [0.05, 0.1) is 5.70 Å². The van der Waals surface area contributed by atoms with Gasteiger partial charge in [0.15, 0.2) is 6.29 Å². The van der Waals surface area contributed by atoms with E-state index in [1.165, 1.54) is 0 Å². The quantitative estimate of drug-likeness (QED) is 0.260. The van der Waals surface area contributed by atoms with Gasteiger partial charge in [-0.15, -0.1) is 0 Å². The van der Waals surface area contributed by atoms with Crippen LogP contribution in [0.1, 0.15) is 0 Å². The molecule has 0 aliphatic rings. The number of hydrogen-bond acceptors (Lipinski definition) is 4. The van der Waals surface area contributed by atoms with Gasteiger partial charge in [-0.3, -0.25) is 9.59 Å². The topological polar surface area (TPSA) is 86.2 Å². The third-order valence-electron chi connectivity index (χ3n) is 0.571. The summed E-state index contributed by atoms with van der Waals surface area (Å²) in [7, 11) is 0. The van der Waals surface area contributed by atoms with E-state index in [9.17, 15) is 9.59 Å². The molecule has 0 spiro atoms. The first kappa shape index (κ1) is 6.68. The van der Waals surface area contributed by atoms with Crippen LogP contribution in [0.2, 0.25) is 0 Å². The van der Waals surface area contributed by atoms with E-state index in [2.05, 4.69) is 0 Å². The third-order valence-corrected chi connectivity index (χ3v) is 0.571. The van der Waals surface area contributed by atoms with Gasteiger partial charge in [-0.2, -0.15) is 0 Å². The molecule has 0 radical (unpaired) electrons. The minimum atomic E-state index is -0.785. The zero-order valence-electron chi connectivity index (χ0n) is 4.13. The van der Waals surface area contributed by atoms with Crippen LogP contribution < -0.4 is 11.5 Å². The molecule has 8 heavy (non-hydrogen) atoms. The smallest absolute Gasteiger partial charge is 0.242 e. The number of ketones is 1. The molecule has 0 amide bonds. The first-order chi connectivity index (χ1) is 3.72. The van der Waals surface area contributed by atoms with Crippen LogP contribution >= 0.6 is 0 Å². The molecule has 0 aliphatic heterocycles. The Labute approximate surface area is 46.1 Å². The van der Waals surface area contributed by atoms with Crippen LogP contribution in [0.5, 0.6) is 0 Å². The second-order valence-corrected chi connectivity index (χ2v) is 1.10. The average molecular weight is 114 g/mol. The minimum absolute atomic E-state index is 0.110. The van der Waals surface area contributed by atoms with E-state index in [-0.39, 0.29) is 12.0 Å². The van der Waals surface area contributed by atoms with Crippen LogP contribution in [-0.4, -0.2) is 12.1 Å². The lowest BCUT2D eigenvalue weighted by atomic mass is 10.3. The van der Waals surface area contributed by atoms with Gasteiger partial charge >= 0.3 is 0 Å². The largest absolute Gasteiger partial charge is 0.403 e. The Bertz CT molecular complexity index is 139. The van der Waals surface area contributed by atoms with Gasteiger partial charge in [0.2, 0.25) is 5.78 Å². The van der Waals surface area contributed by atoms with E-state index in [0.29, 0.717) is 0 Å². The van der Waals surface area contributed by atoms with E-state index in [4.69, 9.17) is 11.5 Å². The van der Waals surface area contributed by atoms with Crippen molar-refractivity contribution in [3.05, 3.63) is 11.9 Å². The molecular weight excluding hydrogens is 108 g/mol. The first-order valence-corrected chi connectivity index (χ1v) is 1.89. The Morgan fingerprint density at radius 1 is 1.50 bits per heavy atom. The van der Waals surface area contributed by atoms with Crippen molar-refractivity contribution in [1.29, 1.82) is 0 Å². The van der Waals surface area contributed by atoms with Gasteiger partial charge in [-0.1, -0.05) is 0 Å². The van der Waals surface area contributed by atoms with Gasteiger partial charge in [0, 0.05) is 6.20 Å². The normalized spacial score (nSPS) is 10.8. The summed E-state index contributed by atoms with van der Waals surface area (Å²) in [4.78, 5) is 19.7. The third kappa shape index (κ3) is 1.42. The van der Waals surface area contributed by atoms with E-state index in [0.717, 1.165) is 6.20 Å². The summed E-state index contributed by atoms with van der Waals surface area (Å²) < 4.78 is 0. The molecule has 0 aromatic carbocycles. The van der Waals surface area contributed by atoms with Crippen molar-refractivity contribution in [2.75, 3.05) is 0 Å². The molecule has 4 nitrogen and oxygen atoms in total. The maximum atomic E-state index is 10.1. The van der Waals surface area contributed by atoms with Gasteiger partial charge in [0.25, 0.3) is 0 Å². The number of aldehydes is 1. The maximum Gasteiger partial charge on any atom is 0.242 e. The monoisotopic (exact) mass is 114 g/mol. The highest BCUT2D eigenvalue weighted by molar-refractivity contribution is 6.32. The summed E-state index contributed by atoms with van der Waals surface area (Å²) in [6.45, 7) is 0. The van der Waals surface area contributed by atoms with E-state index in [1.807, 2.05) is 0 Å². The molecule has 0 rings (SSSR count). The molecule has 0 saturated carbocycles. The molecule has 0 aromatic heterocycles. The van der Waals surface area contributed by atoms with Gasteiger partial charge in [-0.25, -0.2) is 0 Å². The lowest BCUT2D eigenvalue weighted by molar-refractivity contribution is -0.127. The van der Waals surface area contributed by atoms with E-state index >= 15 is 0 Å². The summed E-state index contributed by atoms with van der Waals surface area (Å²) in [5.41, 5.74) is 9.44. The van der Waals surface area contributed by atoms with Crippen LogP contribution in [0.15, 0.2) is 11.9 Å². The maximum absolute atomic E-state index is 10.1. The summed E-state index contributed by atoms with van der Waals surface area (Å²) in [6, 6.07) is 0. The fourth-order valence-corrected chi connectivity index (χ4v) is 0.150. The molecule has 0 fully saturated rings. The molecule has 0 heterocycles. The summed E-state index contributed by atoms with van der Waals surface area (Å²) >= 11 is 0. The van der Waals surface area contributed by atoms with Gasteiger partial charge in [-0.05, 0) is 0 Å². The second kappa shape index (κ2) is 2.79. The number of rotatable bonds is 2. The van der Waals surface area contributed by atoms with E-state index < -0.39 is 5.78 Å². The average Bonchev–Trinajstić information content (AvgIpc) is 1.84. The van der Waals surface area contributed by atoms with Crippen molar-refractivity contribution in [1.82, 2.24) is 0 Å². The Kier molecular flexibility index (Phi) is 2.33. The standard InChI is InChI=1S/C4H6N2O2/c5-1-3(6)4(8)2-7/h1-2H,5-6H2/b3-1+. The van der Waals surface area contributed by atoms with Gasteiger partial charge < -0.3 is 11.5 Å². The van der Waals surface area contributed by atoms with Crippen molar-refractivity contribution in [3.63, 3.8) is 0 Å². The zero-order chi connectivity index (χ0) is 6.57. The van der Waals surface area contributed by atoms with Crippen molar-refractivity contribution >= 4 is 12.1 Å². The molecule has 0 unspecified atom stereocenters. The predicted octanol–water partition coefficient (Wildman–Crippen LogP) is -1.49. The first-order valence-electron chi connectivity index (χ1n) is 1.89. The fourth-order valence-electron chi connectivity index (χ4n) is 0.150. The summed E-state index contributed by atoms with van der Waals surface area (Å²) in [5.74, 6) is -0.785. The summed E-state index contributed by atoms with van der Waals surface area (Å²) in [6.07, 6.45) is 0.995. The highest BCUT2D eigenvalue weighted by Gasteiger charge is 1.98. The molecule has 0 saturated heterocycles. The molecule has 44 valence electrons. The van der Waals surface area contributed by atoms with Crippen LogP contribution in [0.4, 0.5) is 0 Å². The minimum Gasteiger partial charge on any atom is -0.403 e. The van der Waals surface area contributed by atoms with Crippen molar-refractivity contribution < 1.29 is 9.59 Å². The van der Waals surface area contributed by atoms with Crippen LogP contribution in [-0.2, 0) is 9.59 Å². The van der Waals surface area contributed by atoms with Crippen molar-refractivity contribution in [2.24, 2.45) is 11.5 Å². The van der Waals surface area contributed by atoms with Crippen LogP contribution in [0.25, 0.3) is 0 Å². The number of allylic oxidation sites excluding steroid dienone is 1. The number of nitrogens with two attached hydrogens (primary N) is 2. The molecule has 0 aromatic rings. The Morgan fingerprint density at radius 2 is 2.00 bits per heavy atom. The Morgan fingerprint density at radius 3 is 2.12 bits per heavy atom. The number of hydrogen-bond donors (Lipinski definition) is 2. The highest BCUT2D eigenvalue weighted by Crippen LogP contribution is 1.76. The SMILES string of the molecule is N/C=C(/N)C(=O)C=O. The zero-order valence-corrected chi connectivity index (χ0v) is 4.13. The Balaban J connectivity index is 4.03. The van der Waals surface area contributed by atoms with Crippen molar-refractivity contribution in [2.45, 2.75) is 0 Å². The second-order valence-electron chi connectivity index (χ2n) is 1.10. The van der Waals surface area contributed by atoms with Crippen molar-refractivity contribution in [3.8, 4) is 0 Å². The lowest BCUT2D eigenvalue weighted by Gasteiger charge is -1.85. The molecule has 4 N–H and O–H groups in total. The van der Waals surface area contributed by atoms with E-state index in [1.54, 1.807) is 0 Å². The number of carbonyl (C=O) groups is 2. The van der Waals surface area contributed by atoms with Crippen LogP contribution in [0.3, 0.4) is 0 Å². The molecule has 0 bridgehead atoms. The Hall–Kier alpha value is -1.32. The summed E-state index contributed by atoms with van der Waals surface area (Å²) in [5, 5.41) is 0. The van der Waals surface area contributed by atoms with Gasteiger partial charge in [0.1, 0.15) is 0 Å². The molecule has 0 aliphatic carbocycles. The molecule has 0 atom stereocenters. The molecule has 4 heteroatoms. The predicted molar refractivity (Wildman–Crippen MR) is 27.5 cm³/mol. The number of Topliss-reactive ketones (excluding diaryl/α,β-unsaturated/α-hetero) is 1. The number of carbonyl (C=O) groups excluding carboxylic acids is 2. The van der Waals surface area contributed by atoms with Crippen LogP contribution in [0, 0.1) is 0 Å². The molecular formula is C4H6N2O2. The lowest BCUT2D eigenvalue weighted by Crippen LogP contribution is -2.13.